The number of halogens is 1. The predicted molar refractivity (Wildman–Crippen MR) is 133 cm³/mol. The van der Waals surface area contributed by atoms with E-state index in [2.05, 4.69) is 16.1 Å². The Hall–Kier alpha value is -3.03. The molecule has 0 heterocycles. The van der Waals surface area contributed by atoms with Crippen LogP contribution in [0.4, 0.5) is 11.4 Å². The Morgan fingerprint density at radius 1 is 0.939 bits per heavy atom. The quantitative estimate of drug-likeness (QED) is 0.443. The number of amides is 1. The van der Waals surface area contributed by atoms with Crippen molar-refractivity contribution in [3.05, 3.63) is 81.9 Å². The Bertz CT molecular complexity index is 1290. The summed E-state index contributed by atoms with van der Waals surface area (Å²) in [7, 11) is -3.81. The molecule has 0 radical (unpaired) electrons. The number of nitrogens with one attached hydrogen (secondary N) is 2. The van der Waals surface area contributed by atoms with Gasteiger partial charge in [-0.15, -0.1) is 0 Å². The van der Waals surface area contributed by atoms with Crippen molar-refractivity contribution in [2.24, 2.45) is 0 Å². The number of rotatable bonds is 7. The molecular weight excluding hydrogens is 460 g/mol. The molecule has 0 saturated heterocycles. The van der Waals surface area contributed by atoms with Crippen molar-refractivity contribution in [2.45, 2.75) is 45.6 Å². The first-order valence-corrected chi connectivity index (χ1v) is 12.3. The first-order chi connectivity index (χ1) is 15.5. The molecule has 0 aromatic heterocycles. The van der Waals surface area contributed by atoms with Crippen LogP contribution in [-0.4, -0.2) is 20.4 Å². The fourth-order valence-corrected chi connectivity index (χ4v) is 4.53. The fraction of sp³-hybridized carbons (Fsp3) is 0.240. The second kappa shape index (κ2) is 9.85. The van der Waals surface area contributed by atoms with Crippen LogP contribution >= 0.6 is 11.6 Å². The molecule has 3 aromatic rings. The maximum absolute atomic E-state index is 12.7. The van der Waals surface area contributed by atoms with Crippen molar-refractivity contribution in [3.8, 4) is 5.75 Å². The van der Waals surface area contributed by atoms with Crippen LogP contribution in [0.15, 0.2) is 59.5 Å². The molecule has 0 unspecified atom stereocenters. The molecule has 1 atom stereocenters. The molecule has 2 N–H and O–H groups in total. The fourth-order valence-electron chi connectivity index (χ4n) is 3.24. The van der Waals surface area contributed by atoms with Crippen LogP contribution in [0, 0.1) is 27.7 Å². The Kier molecular flexibility index (Phi) is 7.34. The van der Waals surface area contributed by atoms with Gasteiger partial charge in [0.1, 0.15) is 5.75 Å². The van der Waals surface area contributed by atoms with Crippen molar-refractivity contribution in [3.63, 3.8) is 0 Å². The topological polar surface area (TPSA) is 84.5 Å². The summed E-state index contributed by atoms with van der Waals surface area (Å²) in [4.78, 5) is 12.7. The maximum atomic E-state index is 12.7. The number of carbonyl (C=O) groups excluding carboxylic acids is 1. The largest absolute Gasteiger partial charge is 0.481 e. The number of aryl methyl sites for hydroxylation is 3. The van der Waals surface area contributed by atoms with Crippen molar-refractivity contribution in [2.75, 3.05) is 10.0 Å². The van der Waals surface area contributed by atoms with Gasteiger partial charge in [-0.1, -0.05) is 23.7 Å². The van der Waals surface area contributed by atoms with Gasteiger partial charge in [0.2, 0.25) is 0 Å². The van der Waals surface area contributed by atoms with E-state index in [1.807, 2.05) is 26.8 Å². The van der Waals surface area contributed by atoms with Gasteiger partial charge in [-0.25, -0.2) is 8.42 Å². The molecule has 3 aromatic carbocycles. The minimum absolute atomic E-state index is 0.0648. The van der Waals surface area contributed by atoms with Crippen LogP contribution in [0.3, 0.4) is 0 Å². The van der Waals surface area contributed by atoms with Crippen LogP contribution in [-0.2, 0) is 14.8 Å². The summed E-state index contributed by atoms with van der Waals surface area (Å²) in [6.45, 7) is 9.38. The molecule has 0 aliphatic carbocycles. The number of ether oxygens (including phenoxy) is 1. The molecule has 0 aliphatic heterocycles. The van der Waals surface area contributed by atoms with E-state index < -0.39 is 16.1 Å². The number of anilines is 2. The third-order valence-corrected chi connectivity index (χ3v) is 6.93. The lowest BCUT2D eigenvalue weighted by Crippen LogP contribution is -2.30. The lowest BCUT2D eigenvalue weighted by atomic mass is 10.1. The number of sulfonamides is 1. The minimum Gasteiger partial charge on any atom is -0.481 e. The second-order valence-electron chi connectivity index (χ2n) is 8.04. The summed E-state index contributed by atoms with van der Waals surface area (Å²) >= 11 is 5.98. The average molecular weight is 487 g/mol. The van der Waals surface area contributed by atoms with Gasteiger partial charge in [0.25, 0.3) is 15.9 Å². The van der Waals surface area contributed by atoms with E-state index in [1.165, 1.54) is 24.3 Å². The number of carbonyl (C=O) groups is 1. The van der Waals surface area contributed by atoms with Crippen molar-refractivity contribution in [1.82, 2.24) is 0 Å². The van der Waals surface area contributed by atoms with E-state index in [0.29, 0.717) is 22.1 Å². The Labute approximate surface area is 200 Å². The van der Waals surface area contributed by atoms with Crippen LogP contribution in [0.5, 0.6) is 5.75 Å². The average Bonchev–Trinajstić information content (AvgIpc) is 2.74. The van der Waals surface area contributed by atoms with Crippen molar-refractivity contribution >= 4 is 38.9 Å². The van der Waals surface area contributed by atoms with Gasteiger partial charge >= 0.3 is 0 Å². The van der Waals surface area contributed by atoms with Gasteiger partial charge < -0.3 is 10.1 Å². The molecule has 6 nitrogen and oxygen atoms in total. The molecule has 3 rings (SSSR count). The molecule has 8 heteroatoms. The normalized spacial score (nSPS) is 12.2. The maximum Gasteiger partial charge on any atom is 0.265 e. The molecule has 0 aliphatic rings. The zero-order valence-corrected chi connectivity index (χ0v) is 20.8. The monoisotopic (exact) mass is 486 g/mol. The van der Waals surface area contributed by atoms with Crippen LogP contribution in [0.1, 0.15) is 29.2 Å². The molecule has 0 saturated carbocycles. The molecule has 0 spiro atoms. The summed E-state index contributed by atoms with van der Waals surface area (Å²) < 4.78 is 33.9. The summed E-state index contributed by atoms with van der Waals surface area (Å²) in [5, 5.41) is 3.19. The highest BCUT2D eigenvalue weighted by atomic mass is 35.5. The number of hydrogen-bond donors (Lipinski definition) is 2. The predicted octanol–water partition coefficient (Wildman–Crippen LogP) is 5.78. The zero-order chi connectivity index (χ0) is 24.3. The van der Waals surface area contributed by atoms with E-state index >= 15 is 0 Å². The van der Waals surface area contributed by atoms with E-state index in [0.717, 1.165) is 22.3 Å². The van der Waals surface area contributed by atoms with Gasteiger partial charge in [0, 0.05) is 10.7 Å². The van der Waals surface area contributed by atoms with Gasteiger partial charge in [-0.2, -0.15) is 0 Å². The van der Waals surface area contributed by atoms with E-state index in [1.54, 1.807) is 32.0 Å². The molecule has 0 bridgehead atoms. The van der Waals surface area contributed by atoms with Gasteiger partial charge in [0.05, 0.1) is 10.6 Å². The van der Waals surface area contributed by atoms with Gasteiger partial charge in [0.15, 0.2) is 6.10 Å². The van der Waals surface area contributed by atoms with Gasteiger partial charge in [-0.3, -0.25) is 9.52 Å². The van der Waals surface area contributed by atoms with Crippen LogP contribution in [0.25, 0.3) is 0 Å². The lowest BCUT2D eigenvalue weighted by molar-refractivity contribution is -0.122. The number of hydrogen-bond acceptors (Lipinski definition) is 4. The first-order valence-electron chi connectivity index (χ1n) is 10.4. The van der Waals surface area contributed by atoms with E-state index in [4.69, 9.17) is 16.3 Å². The highest BCUT2D eigenvalue weighted by Gasteiger charge is 2.19. The lowest BCUT2D eigenvalue weighted by Gasteiger charge is -2.18. The third-order valence-electron chi connectivity index (χ3n) is 5.31. The zero-order valence-electron chi connectivity index (χ0n) is 19.2. The first kappa shape index (κ1) is 24.6. The Morgan fingerprint density at radius 3 is 2.27 bits per heavy atom. The van der Waals surface area contributed by atoms with Crippen molar-refractivity contribution in [1.29, 1.82) is 0 Å². The number of benzene rings is 3. The molecule has 0 fully saturated rings. The van der Waals surface area contributed by atoms with Crippen LogP contribution in [0.2, 0.25) is 5.02 Å². The molecule has 174 valence electrons. The smallest absolute Gasteiger partial charge is 0.265 e. The van der Waals surface area contributed by atoms with E-state index in [-0.39, 0.29) is 10.8 Å². The summed E-state index contributed by atoms with van der Waals surface area (Å²) in [6.07, 6.45) is -0.735. The highest BCUT2D eigenvalue weighted by molar-refractivity contribution is 7.92. The van der Waals surface area contributed by atoms with Crippen LogP contribution < -0.4 is 14.8 Å². The summed E-state index contributed by atoms with van der Waals surface area (Å²) in [5.74, 6) is 0.329. The standard InChI is InChI=1S/C25H27ClN2O4S/c1-15-12-17(3)18(4)24(13-15)32-19(5)25(29)27-21-8-10-22(11-9-21)33(30,31)28-23-14-20(26)7-6-16(23)2/h6-14,19,28H,1-5H3,(H,27,29)/t19-/m1/s1. The summed E-state index contributed by atoms with van der Waals surface area (Å²) in [5.41, 5.74) is 4.75. The Balaban J connectivity index is 1.68. The summed E-state index contributed by atoms with van der Waals surface area (Å²) in [6, 6.07) is 14.9. The second-order valence-corrected chi connectivity index (χ2v) is 10.2. The third kappa shape index (κ3) is 6.06. The molecule has 33 heavy (non-hydrogen) atoms. The van der Waals surface area contributed by atoms with E-state index in [9.17, 15) is 13.2 Å². The minimum atomic E-state index is -3.81. The SMILES string of the molecule is Cc1cc(C)c(C)c(O[C@H](C)C(=O)Nc2ccc(S(=O)(=O)Nc3cc(Cl)ccc3C)cc2)c1. The Morgan fingerprint density at radius 2 is 1.61 bits per heavy atom. The highest BCUT2D eigenvalue weighted by Crippen LogP contribution is 2.26. The molecular formula is C25H27ClN2O4S. The van der Waals surface area contributed by atoms with Gasteiger partial charge in [-0.05, 0) is 99.3 Å². The van der Waals surface area contributed by atoms with Crippen molar-refractivity contribution < 1.29 is 17.9 Å². The molecule has 1 amide bonds.